The lowest BCUT2D eigenvalue weighted by atomic mass is 10.3. The molecule has 104 valence electrons. The van der Waals surface area contributed by atoms with E-state index in [4.69, 9.17) is 5.84 Å². The quantitative estimate of drug-likeness (QED) is 0.511. The number of rotatable bonds is 4. The number of nitrogen functional groups attached to an aromatic ring is 1. The standard InChI is InChI=1S/C14H17N5S/c1-8-5-9(2)16-12(6-8)20-13-7-11(19-15)17-14(18-13)10-3-4-10/h5-7,10H,3-4,15H2,1-2H3,(H,17,18,19). The molecule has 20 heavy (non-hydrogen) atoms. The highest BCUT2D eigenvalue weighted by Gasteiger charge is 2.27. The van der Waals surface area contributed by atoms with Gasteiger partial charge in [-0.15, -0.1) is 0 Å². The smallest absolute Gasteiger partial charge is 0.144 e. The molecule has 1 fully saturated rings. The van der Waals surface area contributed by atoms with E-state index < -0.39 is 0 Å². The monoisotopic (exact) mass is 287 g/mol. The number of nitrogens with zero attached hydrogens (tertiary/aromatic N) is 3. The van der Waals surface area contributed by atoms with Crippen molar-refractivity contribution >= 4 is 17.6 Å². The van der Waals surface area contributed by atoms with Crippen molar-refractivity contribution in [3.8, 4) is 0 Å². The average Bonchev–Trinajstić information content (AvgIpc) is 3.21. The Labute approximate surface area is 122 Å². The highest BCUT2D eigenvalue weighted by Crippen LogP contribution is 2.39. The van der Waals surface area contributed by atoms with Crippen LogP contribution in [0.3, 0.4) is 0 Å². The highest BCUT2D eigenvalue weighted by molar-refractivity contribution is 7.99. The molecule has 0 amide bonds. The van der Waals surface area contributed by atoms with Crippen LogP contribution in [0.25, 0.3) is 0 Å². The largest absolute Gasteiger partial charge is 0.308 e. The van der Waals surface area contributed by atoms with Crippen molar-refractivity contribution in [2.45, 2.75) is 42.7 Å². The SMILES string of the molecule is Cc1cc(C)nc(Sc2cc(NN)nc(C3CC3)n2)c1. The van der Waals surface area contributed by atoms with Gasteiger partial charge in [-0.2, -0.15) is 0 Å². The lowest BCUT2D eigenvalue weighted by Gasteiger charge is -2.07. The third-order valence-electron chi connectivity index (χ3n) is 3.09. The van der Waals surface area contributed by atoms with Crippen molar-refractivity contribution in [3.63, 3.8) is 0 Å². The zero-order chi connectivity index (χ0) is 14.1. The van der Waals surface area contributed by atoms with Gasteiger partial charge in [0.05, 0.1) is 0 Å². The maximum absolute atomic E-state index is 5.48. The third-order valence-corrected chi connectivity index (χ3v) is 3.93. The first kappa shape index (κ1) is 13.3. The van der Waals surface area contributed by atoms with Crippen LogP contribution in [0.15, 0.2) is 28.3 Å². The van der Waals surface area contributed by atoms with Crippen molar-refractivity contribution in [3.05, 3.63) is 35.3 Å². The lowest BCUT2D eigenvalue weighted by Crippen LogP contribution is -2.10. The number of nitrogens with one attached hydrogen (secondary N) is 1. The van der Waals surface area contributed by atoms with Crippen molar-refractivity contribution in [1.29, 1.82) is 0 Å². The molecule has 3 rings (SSSR count). The van der Waals surface area contributed by atoms with Gasteiger partial charge in [0.25, 0.3) is 0 Å². The van der Waals surface area contributed by atoms with E-state index >= 15 is 0 Å². The number of aryl methyl sites for hydroxylation is 2. The van der Waals surface area contributed by atoms with E-state index in [9.17, 15) is 0 Å². The van der Waals surface area contributed by atoms with E-state index in [0.29, 0.717) is 11.7 Å². The Balaban J connectivity index is 1.90. The van der Waals surface area contributed by atoms with Crippen LogP contribution in [0, 0.1) is 13.8 Å². The fraction of sp³-hybridized carbons (Fsp3) is 0.357. The van der Waals surface area contributed by atoms with E-state index in [1.165, 1.54) is 18.4 Å². The van der Waals surface area contributed by atoms with Gasteiger partial charge in [-0.25, -0.2) is 20.8 Å². The first-order chi connectivity index (χ1) is 9.64. The van der Waals surface area contributed by atoms with E-state index in [2.05, 4.69) is 39.4 Å². The summed E-state index contributed by atoms with van der Waals surface area (Å²) in [7, 11) is 0. The molecule has 2 heterocycles. The van der Waals surface area contributed by atoms with Crippen molar-refractivity contribution < 1.29 is 0 Å². The number of hydrogen-bond donors (Lipinski definition) is 2. The van der Waals surface area contributed by atoms with Crippen LogP contribution >= 0.6 is 11.8 Å². The molecule has 0 aromatic carbocycles. The highest BCUT2D eigenvalue weighted by atomic mass is 32.2. The van der Waals surface area contributed by atoms with Crippen molar-refractivity contribution in [2.75, 3.05) is 5.43 Å². The lowest BCUT2D eigenvalue weighted by molar-refractivity contribution is 0.876. The van der Waals surface area contributed by atoms with Crippen molar-refractivity contribution in [1.82, 2.24) is 15.0 Å². The molecule has 1 aliphatic rings. The first-order valence-corrected chi connectivity index (χ1v) is 7.44. The van der Waals surface area contributed by atoms with Crippen LogP contribution < -0.4 is 11.3 Å². The van der Waals surface area contributed by atoms with E-state index in [-0.39, 0.29) is 0 Å². The average molecular weight is 287 g/mol. The Kier molecular flexibility index (Phi) is 3.58. The van der Waals surface area contributed by atoms with Crippen LogP contribution in [-0.2, 0) is 0 Å². The Bertz CT molecular complexity index is 619. The maximum atomic E-state index is 5.48. The fourth-order valence-electron chi connectivity index (χ4n) is 2.06. The van der Waals surface area contributed by atoms with Gasteiger partial charge in [-0.3, -0.25) is 0 Å². The molecular weight excluding hydrogens is 270 g/mol. The topological polar surface area (TPSA) is 76.7 Å². The van der Waals surface area contributed by atoms with Gasteiger partial charge >= 0.3 is 0 Å². The number of pyridine rings is 1. The second-order valence-corrected chi connectivity index (χ2v) is 6.14. The Morgan fingerprint density at radius 1 is 1.10 bits per heavy atom. The van der Waals surface area contributed by atoms with Gasteiger partial charge in [-0.05, 0) is 56.1 Å². The molecule has 3 N–H and O–H groups in total. The molecule has 0 aliphatic heterocycles. The summed E-state index contributed by atoms with van der Waals surface area (Å²) in [5, 5.41) is 1.83. The molecule has 1 aliphatic carbocycles. The third kappa shape index (κ3) is 3.08. The van der Waals surface area contributed by atoms with Gasteiger partial charge in [0.15, 0.2) is 0 Å². The predicted molar refractivity (Wildman–Crippen MR) is 79.7 cm³/mol. The summed E-state index contributed by atoms with van der Waals surface area (Å²) >= 11 is 1.55. The second kappa shape index (κ2) is 5.38. The first-order valence-electron chi connectivity index (χ1n) is 6.63. The summed E-state index contributed by atoms with van der Waals surface area (Å²) < 4.78 is 0. The number of aromatic nitrogens is 3. The van der Waals surface area contributed by atoms with E-state index in [1.54, 1.807) is 11.8 Å². The normalized spacial score (nSPS) is 14.3. The number of hydrazine groups is 1. The molecule has 0 bridgehead atoms. The predicted octanol–water partition coefficient (Wildman–Crippen LogP) is 2.80. The summed E-state index contributed by atoms with van der Waals surface area (Å²) in [6.45, 7) is 4.07. The van der Waals surface area contributed by atoms with Gasteiger partial charge < -0.3 is 5.43 Å². The van der Waals surface area contributed by atoms with Crippen LogP contribution in [-0.4, -0.2) is 15.0 Å². The molecule has 0 saturated heterocycles. The summed E-state index contributed by atoms with van der Waals surface area (Å²) in [6, 6.07) is 5.98. The minimum absolute atomic E-state index is 0.495. The molecule has 6 heteroatoms. The number of nitrogens with two attached hydrogens (primary N) is 1. The molecule has 2 aromatic rings. The summed E-state index contributed by atoms with van der Waals surface area (Å²) in [5.41, 5.74) is 4.83. The van der Waals surface area contributed by atoms with Crippen molar-refractivity contribution in [2.24, 2.45) is 5.84 Å². The zero-order valence-corrected chi connectivity index (χ0v) is 12.4. The zero-order valence-electron chi connectivity index (χ0n) is 11.6. The van der Waals surface area contributed by atoms with Crippen LogP contribution in [0.5, 0.6) is 0 Å². The summed E-state index contributed by atoms with van der Waals surface area (Å²) in [6.07, 6.45) is 2.33. The molecule has 2 aromatic heterocycles. The van der Waals surface area contributed by atoms with Gasteiger partial charge in [0, 0.05) is 17.7 Å². The van der Waals surface area contributed by atoms with Gasteiger partial charge in [0.1, 0.15) is 21.7 Å². The van der Waals surface area contributed by atoms with E-state index in [1.807, 2.05) is 13.0 Å². The maximum Gasteiger partial charge on any atom is 0.144 e. The molecule has 0 unspecified atom stereocenters. The minimum Gasteiger partial charge on any atom is -0.308 e. The minimum atomic E-state index is 0.495. The van der Waals surface area contributed by atoms with Crippen LogP contribution in [0.4, 0.5) is 5.82 Å². The Morgan fingerprint density at radius 2 is 1.85 bits per heavy atom. The Hall–Kier alpha value is -1.66. The molecule has 0 atom stereocenters. The number of hydrogen-bond acceptors (Lipinski definition) is 6. The Morgan fingerprint density at radius 3 is 2.50 bits per heavy atom. The van der Waals surface area contributed by atoms with Gasteiger partial charge in [0.2, 0.25) is 0 Å². The summed E-state index contributed by atoms with van der Waals surface area (Å²) in [4.78, 5) is 13.5. The molecule has 5 nitrogen and oxygen atoms in total. The molecular formula is C14H17N5S. The second-order valence-electron chi connectivity index (χ2n) is 5.09. The summed E-state index contributed by atoms with van der Waals surface area (Å²) in [5.74, 6) is 7.52. The fourth-order valence-corrected chi connectivity index (χ4v) is 3.02. The molecule has 1 saturated carbocycles. The molecule has 0 radical (unpaired) electrons. The van der Waals surface area contributed by atoms with Crippen LogP contribution in [0.1, 0.15) is 35.8 Å². The van der Waals surface area contributed by atoms with Crippen LogP contribution in [0.2, 0.25) is 0 Å². The van der Waals surface area contributed by atoms with Gasteiger partial charge in [-0.1, -0.05) is 0 Å². The number of anilines is 1. The van der Waals surface area contributed by atoms with E-state index in [0.717, 1.165) is 21.6 Å². The molecule has 0 spiro atoms.